The van der Waals surface area contributed by atoms with Gasteiger partial charge in [0.1, 0.15) is 6.04 Å². The molecule has 2 aliphatic heterocycles. The zero-order valence-electron chi connectivity index (χ0n) is 22.7. The van der Waals surface area contributed by atoms with Crippen LogP contribution in [0.1, 0.15) is 36.9 Å². The summed E-state index contributed by atoms with van der Waals surface area (Å²) in [5.74, 6) is 0.182. The number of carbonyl (C=O) groups is 2. The van der Waals surface area contributed by atoms with Gasteiger partial charge in [0, 0.05) is 63.4 Å². The Kier molecular flexibility index (Phi) is 7.94. The van der Waals surface area contributed by atoms with Gasteiger partial charge in [0.15, 0.2) is 5.76 Å². The topological polar surface area (TPSA) is 116 Å². The third-order valence-electron chi connectivity index (χ3n) is 7.98. The summed E-state index contributed by atoms with van der Waals surface area (Å²) in [5, 5.41) is 4.14. The lowest BCUT2D eigenvalue weighted by atomic mass is 10.1. The third-order valence-corrected chi connectivity index (χ3v) is 10.8. The number of carbonyl (C=O) groups excluding carboxylic acids is 2. The van der Waals surface area contributed by atoms with Crippen LogP contribution < -0.4 is 9.62 Å². The Bertz CT molecular complexity index is 1560. The van der Waals surface area contributed by atoms with Crippen molar-refractivity contribution in [3.05, 3.63) is 52.0 Å². The van der Waals surface area contributed by atoms with Crippen molar-refractivity contribution < 1.29 is 22.5 Å². The minimum atomic E-state index is -4.14. The van der Waals surface area contributed by atoms with Gasteiger partial charge in [0.2, 0.25) is 21.8 Å². The van der Waals surface area contributed by atoms with E-state index in [1.54, 1.807) is 41.0 Å². The number of halogens is 1. The molecule has 13 heteroatoms. The smallest absolute Gasteiger partial charge is 0.241 e. The van der Waals surface area contributed by atoms with E-state index in [0.29, 0.717) is 59.1 Å². The predicted molar refractivity (Wildman–Crippen MR) is 157 cm³/mol. The maximum Gasteiger partial charge on any atom is 0.241 e. The number of rotatable bonds is 9. The summed E-state index contributed by atoms with van der Waals surface area (Å²) < 4.78 is 36.4. The van der Waals surface area contributed by atoms with Gasteiger partial charge >= 0.3 is 0 Å². The molecule has 1 aromatic carbocycles. The van der Waals surface area contributed by atoms with Crippen molar-refractivity contribution in [2.75, 3.05) is 37.6 Å². The van der Waals surface area contributed by atoms with Gasteiger partial charge in [-0.2, -0.15) is 4.72 Å². The molecule has 2 aromatic heterocycles. The van der Waals surface area contributed by atoms with E-state index in [9.17, 15) is 18.0 Å². The highest BCUT2D eigenvalue weighted by atomic mass is 35.5. The molecule has 2 amide bonds. The van der Waals surface area contributed by atoms with Crippen molar-refractivity contribution in [2.24, 2.45) is 0 Å². The van der Waals surface area contributed by atoms with Crippen molar-refractivity contribution >= 4 is 50.5 Å². The first kappa shape index (κ1) is 28.4. The van der Waals surface area contributed by atoms with Gasteiger partial charge in [-0.1, -0.05) is 22.8 Å². The molecule has 218 valence electrons. The number of sulfonamides is 1. The molecule has 2 saturated heterocycles. The lowest BCUT2D eigenvalue weighted by Crippen LogP contribution is -2.55. The third kappa shape index (κ3) is 6.07. The molecule has 1 unspecified atom stereocenters. The molecule has 1 atom stereocenters. The average molecular weight is 618 g/mol. The summed E-state index contributed by atoms with van der Waals surface area (Å²) in [7, 11) is -4.14. The fourth-order valence-corrected chi connectivity index (χ4v) is 8.11. The maximum atomic E-state index is 13.8. The SMILES string of the molecule is Cc1c(N2CCCC2=O)cccc1S(=O)(=O)NC(Cc1cc(-c2ccc(Cl)s2)on1)C(=O)N1CCN(C2CC2)CC1. The van der Waals surface area contributed by atoms with E-state index < -0.39 is 16.1 Å². The molecule has 1 saturated carbocycles. The van der Waals surface area contributed by atoms with Crippen LogP contribution in [0.4, 0.5) is 5.69 Å². The molecule has 10 nitrogen and oxygen atoms in total. The molecule has 41 heavy (non-hydrogen) atoms. The number of amides is 2. The van der Waals surface area contributed by atoms with Crippen LogP contribution in [0.25, 0.3) is 10.6 Å². The first-order valence-electron chi connectivity index (χ1n) is 13.9. The number of nitrogens with zero attached hydrogens (tertiary/aromatic N) is 4. The van der Waals surface area contributed by atoms with E-state index >= 15 is 0 Å². The van der Waals surface area contributed by atoms with Gasteiger partial charge in [-0.15, -0.1) is 11.3 Å². The lowest BCUT2D eigenvalue weighted by Gasteiger charge is -2.36. The molecular formula is C28H32ClN5O5S2. The molecule has 3 aromatic rings. The second-order valence-electron chi connectivity index (χ2n) is 10.8. The number of piperazine rings is 1. The van der Waals surface area contributed by atoms with Gasteiger partial charge in [0.05, 0.1) is 19.8 Å². The number of aromatic nitrogens is 1. The number of hydrogen-bond donors (Lipinski definition) is 1. The first-order chi connectivity index (χ1) is 19.7. The van der Waals surface area contributed by atoms with E-state index in [1.807, 2.05) is 6.07 Å². The quantitative estimate of drug-likeness (QED) is 0.389. The number of nitrogens with one attached hydrogen (secondary N) is 1. The van der Waals surface area contributed by atoms with Gasteiger partial charge in [-0.05, 0) is 56.0 Å². The van der Waals surface area contributed by atoms with Crippen LogP contribution in [0.2, 0.25) is 4.34 Å². The van der Waals surface area contributed by atoms with Crippen LogP contribution in [0.5, 0.6) is 0 Å². The Labute approximate surface area is 248 Å². The fourth-order valence-electron chi connectivity index (χ4n) is 5.67. The Morgan fingerprint density at radius 3 is 2.61 bits per heavy atom. The van der Waals surface area contributed by atoms with Crippen LogP contribution in [-0.2, 0) is 26.0 Å². The summed E-state index contributed by atoms with van der Waals surface area (Å²) in [6, 6.07) is 9.71. The van der Waals surface area contributed by atoms with Gasteiger partial charge in [-0.25, -0.2) is 8.42 Å². The predicted octanol–water partition coefficient (Wildman–Crippen LogP) is 3.69. The molecule has 1 aliphatic carbocycles. The van der Waals surface area contributed by atoms with Crippen molar-refractivity contribution in [3.63, 3.8) is 0 Å². The molecule has 3 fully saturated rings. The Morgan fingerprint density at radius 2 is 1.95 bits per heavy atom. The van der Waals surface area contributed by atoms with Gasteiger partial charge < -0.3 is 14.3 Å². The number of thiophene rings is 1. The van der Waals surface area contributed by atoms with Crippen LogP contribution in [-0.4, -0.2) is 80.0 Å². The summed E-state index contributed by atoms with van der Waals surface area (Å²) in [5.41, 5.74) is 1.50. The molecule has 1 N–H and O–H groups in total. The zero-order valence-corrected chi connectivity index (χ0v) is 25.1. The highest BCUT2D eigenvalue weighted by molar-refractivity contribution is 7.89. The fraction of sp³-hybridized carbons (Fsp3) is 0.464. The second-order valence-corrected chi connectivity index (χ2v) is 14.2. The average Bonchev–Trinajstić information content (AvgIpc) is 3.30. The number of anilines is 1. The second kappa shape index (κ2) is 11.5. The lowest BCUT2D eigenvalue weighted by molar-refractivity contribution is -0.134. The Hall–Kier alpha value is -2.77. The molecule has 6 rings (SSSR count). The standard InChI is InChI=1S/C28H32ClN5O5S2/c1-18-22(34-11-3-6-27(34)35)4-2-5-25(18)41(37,38)31-21(28(36)33-14-12-32(13-15-33)20-7-8-20)16-19-17-23(39-30-19)24-9-10-26(29)40-24/h2,4-5,9-10,17,20-21,31H,3,6-8,11-16H2,1H3. The van der Waals surface area contributed by atoms with E-state index in [4.69, 9.17) is 16.1 Å². The van der Waals surface area contributed by atoms with Crippen molar-refractivity contribution in [1.82, 2.24) is 19.7 Å². The van der Waals surface area contributed by atoms with E-state index in [0.717, 1.165) is 24.4 Å². The molecule has 0 spiro atoms. The highest BCUT2D eigenvalue weighted by Gasteiger charge is 2.36. The highest BCUT2D eigenvalue weighted by Crippen LogP contribution is 2.33. The minimum absolute atomic E-state index is 0.0207. The van der Waals surface area contributed by atoms with Crippen LogP contribution >= 0.6 is 22.9 Å². The van der Waals surface area contributed by atoms with Crippen LogP contribution in [0, 0.1) is 6.92 Å². The summed E-state index contributed by atoms with van der Waals surface area (Å²) in [4.78, 5) is 32.8. The van der Waals surface area contributed by atoms with Crippen molar-refractivity contribution in [1.29, 1.82) is 0 Å². The zero-order chi connectivity index (χ0) is 28.7. The summed E-state index contributed by atoms with van der Waals surface area (Å²) in [6.07, 6.45) is 3.59. The Balaban J connectivity index is 1.26. The number of hydrogen-bond acceptors (Lipinski definition) is 8. The largest absolute Gasteiger partial charge is 0.355 e. The van der Waals surface area contributed by atoms with Crippen molar-refractivity contribution in [3.8, 4) is 10.6 Å². The first-order valence-corrected chi connectivity index (χ1v) is 16.5. The van der Waals surface area contributed by atoms with E-state index in [-0.39, 0.29) is 23.1 Å². The molecule has 0 bridgehead atoms. The van der Waals surface area contributed by atoms with Crippen molar-refractivity contribution in [2.45, 2.75) is 56.0 Å². The van der Waals surface area contributed by atoms with Crippen LogP contribution in [0.15, 0.2) is 45.8 Å². The minimum Gasteiger partial charge on any atom is -0.355 e. The molecular weight excluding hydrogens is 586 g/mol. The normalized spacial score (nSPS) is 19.2. The molecule has 3 aliphatic rings. The summed E-state index contributed by atoms with van der Waals surface area (Å²) in [6.45, 7) is 4.87. The van der Waals surface area contributed by atoms with E-state index in [2.05, 4.69) is 14.8 Å². The molecule has 4 heterocycles. The Morgan fingerprint density at radius 1 is 1.17 bits per heavy atom. The summed E-state index contributed by atoms with van der Waals surface area (Å²) >= 11 is 7.41. The van der Waals surface area contributed by atoms with Gasteiger partial charge in [0.25, 0.3) is 0 Å². The van der Waals surface area contributed by atoms with Gasteiger partial charge in [-0.3, -0.25) is 14.5 Å². The maximum absolute atomic E-state index is 13.8. The molecule has 0 radical (unpaired) electrons. The monoisotopic (exact) mass is 617 g/mol. The van der Waals surface area contributed by atoms with Crippen LogP contribution in [0.3, 0.4) is 0 Å². The number of benzene rings is 1. The van der Waals surface area contributed by atoms with E-state index in [1.165, 1.54) is 30.2 Å².